The van der Waals surface area contributed by atoms with E-state index >= 15 is 0 Å². The molecule has 0 saturated carbocycles. The first-order chi connectivity index (χ1) is 5.26. The number of hydrogen-bond donors (Lipinski definition) is 2. The largest absolute Gasteiger partial charge is 0.394 e. The number of rotatable bonds is 5. The second-order valence-corrected chi connectivity index (χ2v) is 1.99. The molecule has 0 fully saturated rings. The van der Waals surface area contributed by atoms with Crippen molar-refractivity contribution < 1.29 is 19.3 Å². The van der Waals surface area contributed by atoms with Crippen LogP contribution in [-0.4, -0.2) is 35.6 Å². The maximum Gasteiger partial charge on any atom is 0.107 e. The number of aliphatic hydroxyl groups excluding tert-OH is 2. The maximum absolute atomic E-state index is 11.6. The molecule has 66 valence electrons. The third kappa shape index (κ3) is 4.08. The Bertz CT molecular complexity index is 116. The van der Waals surface area contributed by atoms with E-state index in [0.29, 0.717) is 12.9 Å². The molecule has 0 aromatic rings. The Hall–Kier alpha value is -0.450. The van der Waals surface area contributed by atoms with Gasteiger partial charge in [-0.05, 0) is 13.0 Å². The lowest BCUT2D eigenvalue weighted by Gasteiger charge is -2.16. The number of ether oxygens (including phenoxy) is 1. The van der Waals surface area contributed by atoms with Crippen molar-refractivity contribution in [2.24, 2.45) is 0 Å². The lowest BCUT2D eigenvalue weighted by Crippen LogP contribution is -2.30. The normalized spacial score (nSPS) is 17.1. The summed E-state index contributed by atoms with van der Waals surface area (Å²) in [5.41, 5.74) is 0. The van der Waals surface area contributed by atoms with E-state index in [1.54, 1.807) is 6.92 Å². The summed E-state index contributed by atoms with van der Waals surface area (Å²) >= 11 is 0. The Morgan fingerprint density at radius 3 is 2.64 bits per heavy atom. The Kier molecular flexibility index (Phi) is 6.02. The van der Waals surface area contributed by atoms with Crippen LogP contribution >= 0.6 is 0 Å². The minimum Gasteiger partial charge on any atom is -0.394 e. The Morgan fingerprint density at radius 1 is 1.64 bits per heavy atom. The molecule has 0 aliphatic rings. The summed E-state index contributed by atoms with van der Waals surface area (Å²) in [5.74, 6) is 0. The van der Waals surface area contributed by atoms with Crippen LogP contribution in [0.4, 0.5) is 4.39 Å². The first kappa shape index (κ1) is 10.6. The Balaban J connectivity index is 3.86. The van der Waals surface area contributed by atoms with Crippen LogP contribution in [0.25, 0.3) is 0 Å². The summed E-state index contributed by atoms with van der Waals surface area (Å²) in [5, 5.41) is 17.5. The highest BCUT2D eigenvalue weighted by atomic mass is 19.1. The van der Waals surface area contributed by atoms with Gasteiger partial charge in [-0.1, -0.05) is 0 Å². The molecule has 0 rings (SSSR count). The average molecular weight is 164 g/mol. The molecule has 0 bridgehead atoms. The first-order valence-corrected chi connectivity index (χ1v) is 3.43. The molecule has 2 atom stereocenters. The van der Waals surface area contributed by atoms with Gasteiger partial charge in [0.2, 0.25) is 0 Å². The zero-order valence-electron chi connectivity index (χ0n) is 6.40. The molecule has 0 aliphatic carbocycles. The maximum atomic E-state index is 11.6. The van der Waals surface area contributed by atoms with Crippen molar-refractivity contribution in [3.8, 4) is 0 Å². The van der Waals surface area contributed by atoms with Gasteiger partial charge in [-0.25, -0.2) is 4.39 Å². The van der Waals surface area contributed by atoms with E-state index in [2.05, 4.69) is 0 Å². The number of aliphatic hydroxyl groups is 2. The van der Waals surface area contributed by atoms with Crippen molar-refractivity contribution >= 4 is 0 Å². The van der Waals surface area contributed by atoms with E-state index in [0.717, 1.165) is 6.08 Å². The summed E-state index contributed by atoms with van der Waals surface area (Å²) in [6, 6.07) is 0. The van der Waals surface area contributed by atoms with Crippen LogP contribution in [0.2, 0.25) is 0 Å². The minimum absolute atomic E-state index is 0.291. The Morgan fingerprint density at radius 2 is 2.27 bits per heavy atom. The van der Waals surface area contributed by atoms with Crippen molar-refractivity contribution in [1.82, 2.24) is 0 Å². The standard InChI is InChI=1S/C7H13FO3/c1-2-11-7(3-4-8)6(10)5-9/h3-4,6-7,9-10H,2,5H2,1H3/t6?,7-/m1/s1. The fourth-order valence-corrected chi connectivity index (χ4v) is 0.663. The third-order valence-electron chi connectivity index (χ3n) is 1.19. The molecule has 0 spiro atoms. The second-order valence-electron chi connectivity index (χ2n) is 1.99. The quantitative estimate of drug-likeness (QED) is 0.611. The van der Waals surface area contributed by atoms with E-state index < -0.39 is 18.8 Å². The molecule has 0 aromatic carbocycles. The second kappa shape index (κ2) is 6.27. The predicted molar refractivity (Wildman–Crippen MR) is 38.8 cm³/mol. The van der Waals surface area contributed by atoms with Gasteiger partial charge in [0.1, 0.15) is 12.2 Å². The van der Waals surface area contributed by atoms with Crippen LogP contribution in [0.3, 0.4) is 0 Å². The van der Waals surface area contributed by atoms with E-state index in [1.807, 2.05) is 0 Å². The van der Waals surface area contributed by atoms with Gasteiger partial charge >= 0.3 is 0 Å². The molecule has 0 aromatic heterocycles. The summed E-state index contributed by atoms with van der Waals surface area (Å²) in [7, 11) is 0. The molecule has 0 saturated heterocycles. The fraction of sp³-hybridized carbons (Fsp3) is 0.714. The van der Waals surface area contributed by atoms with Crippen LogP contribution in [0.5, 0.6) is 0 Å². The van der Waals surface area contributed by atoms with Crippen LogP contribution in [0.15, 0.2) is 12.4 Å². The van der Waals surface area contributed by atoms with Gasteiger partial charge in [-0.2, -0.15) is 0 Å². The third-order valence-corrected chi connectivity index (χ3v) is 1.19. The SMILES string of the molecule is CCO[C@H](C=CF)C(O)CO. The molecule has 0 radical (unpaired) electrons. The van der Waals surface area contributed by atoms with Gasteiger partial charge in [0.15, 0.2) is 0 Å². The van der Waals surface area contributed by atoms with E-state index in [1.165, 1.54) is 0 Å². The molecular weight excluding hydrogens is 151 g/mol. The molecule has 2 N–H and O–H groups in total. The topological polar surface area (TPSA) is 49.7 Å². The van der Waals surface area contributed by atoms with Crippen molar-refractivity contribution in [3.05, 3.63) is 12.4 Å². The van der Waals surface area contributed by atoms with Crippen molar-refractivity contribution in [2.45, 2.75) is 19.1 Å². The van der Waals surface area contributed by atoms with Gasteiger partial charge in [0.25, 0.3) is 0 Å². The molecule has 0 heterocycles. The van der Waals surface area contributed by atoms with Gasteiger partial charge in [-0.15, -0.1) is 0 Å². The van der Waals surface area contributed by atoms with Gasteiger partial charge in [0.05, 0.1) is 12.9 Å². The van der Waals surface area contributed by atoms with Crippen LogP contribution < -0.4 is 0 Å². The zero-order chi connectivity index (χ0) is 8.69. The van der Waals surface area contributed by atoms with Gasteiger partial charge < -0.3 is 14.9 Å². The van der Waals surface area contributed by atoms with Gasteiger partial charge in [0, 0.05) is 6.61 Å². The number of halogens is 1. The molecule has 1 unspecified atom stereocenters. The van der Waals surface area contributed by atoms with Crippen molar-refractivity contribution in [3.63, 3.8) is 0 Å². The lowest BCUT2D eigenvalue weighted by atomic mass is 10.2. The summed E-state index contributed by atoms with van der Waals surface area (Å²) in [6.45, 7) is 1.66. The van der Waals surface area contributed by atoms with E-state index in [-0.39, 0.29) is 0 Å². The minimum atomic E-state index is -1.05. The van der Waals surface area contributed by atoms with Crippen LogP contribution in [0, 0.1) is 0 Å². The number of hydrogen-bond acceptors (Lipinski definition) is 3. The lowest BCUT2D eigenvalue weighted by molar-refractivity contribution is -0.0299. The first-order valence-electron chi connectivity index (χ1n) is 3.43. The van der Waals surface area contributed by atoms with Crippen molar-refractivity contribution in [1.29, 1.82) is 0 Å². The molecule has 4 heteroatoms. The summed E-state index contributed by atoms with van der Waals surface area (Å²) < 4.78 is 16.5. The highest BCUT2D eigenvalue weighted by Crippen LogP contribution is 2.01. The molecule has 0 aliphatic heterocycles. The predicted octanol–water partition coefficient (Wildman–Crippen LogP) is 0.228. The Labute approximate surface area is 65.1 Å². The molecule has 11 heavy (non-hydrogen) atoms. The van der Waals surface area contributed by atoms with E-state index in [4.69, 9.17) is 14.9 Å². The van der Waals surface area contributed by atoms with Gasteiger partial charge in [-0.3, -0.25) is 0 Å². The zero-order valence-corrected chi connectivity index (χ0v) is 6.40. The van der Waals surface area contributed by atoms with Crippen molar-refractivity contribution in [2.75, 3.05) is 13.2 Å². The summed E-state index contributed by atoms with van der Waals surface area (Å²) in [6.07, 6.45) is -0.458. The average Bonchev–Trinajstić information content (AvgIpc) is 2.03. The highest BCUT2D eigenvalue weighted by Gasteiger charge is 2.14. The molecule has 3 nitrogen and oxygen atoms in total. The summed E-state index contributed by atoms with van der Waals surface area (Å²) in [4.78, 5) is 0. The van der Waals surface area contributed by atoms with Crippen LogP contribution in [-0.2, 0) is 4.74 Å². The fourth-order valence-electron chi connectivity index (χ4n) is 0.663. The monoisotopic (exact) mass is 164 g/mol. The van der Waals surface area contributed by atoms with Crippen LogP contribution in [0.1, 0.15) is 6.92 Å². The molecule has 0 amide bonds. The highest BCUT2D eigenvalue weighted by molar-refractivity contribution is 4.88. The van der Waals surface area contributed by atoms with E-state index in [9.17, 15) is 4.39 Å². The smallest absolute Gasteiger partial charge is 0.107 e. The molecular formula is C7H13FO3.